The summed E-state index contributed by atoms with van der Waals surface area (Å²) in [5.74, 6) is 1.51. The van der Waals surface area contributed by atoms with Crippen LogP contribution in [0.4, 0.5) is 0 Å². The van der Waals surface area contributed by atoms with Crippen LogP contribution in [0.3, 0.4) is 0 Å². The van der Waals surface area contributed by atoms with Gasteiger partial charge in [-0.15, -0.1) is 0 Å². The van der Waals surface area contributed by atoms with Gasteiger partial charge in [0.25, 0.3) is 5.91 Å². The molecule has 29 heavy (non-hydrogen) atoms. The van der Waals surface area contributed by atoms with Crippen molar-refractivity contribution in [3.05, 3.63) is 71.5 Å². The van der Waals surface area contributed by atoms with Crippen molar-refractivity contribution in [2.45, 2.75) is 26.7 Å². The number of carbonyl (C=O) groups excluding carboxylic acids is 1. The van der Waals surface area contributed by atoms with E-state index in [4.69, 9.17) is 9.47 Å². The molecule has 0 radical (unpaired) electrons. The molecule has 0 aliphatic heterocycles. The number of methoxy groups -OCH3 is 1. The highest BCUT2D eigenvalue weighted by molar-refractivity contribution is 5.95. The van der Waals surface area contributed by atoms with E-state index in [2.05, 4.69) is 24.3 Å². The monoisotopic (exact) mass is 393 g/mol. The normalized spacial score (nSPS) is 10.8. The molecule has 0 aliphatic carbocycles. The highest BCUT2D eigenvalue weighted by Gasteiger charge is 2.20. The Morgan fingerprint density at radius 3 is 2.34 bits per heavy atom. The quantitative estimate of drug-likeness (QED) is 0.585. The summed E-state index contributed by atoms with van der Waals surface area (Å²) in [5, 5.41) is 7.38. The van der Waals surface area contributed by atoms with Crippen LogP contribution >= 0.6 is 0 Å². The Morgan fingerprint density at radius 1 is 1.07 bits per heavy atom. The van der Waals surface area contributed by atoms with Crippen molar-refractivity contribution in [3.63, 3.8) is 0 Å². The molecule has 3 rings (SSSR count). The van der Waals surface area contributed by atoms with Gasteiger partial charge < -0.3 is 14.8 Å². The number of amides is 1. The van der Waals surface area contributed by atoms with Crippen LogP contribution in [0, 0.1) is 6.92 Å². The number of hydrogen-bond acceptors (Lipinski definition) is 4. The largest absolute Gasteiger partial charge is 0.497 e. The molecule has 0 saturated carbocycles. The van der Waals surface area contributed by atoms with Gasteiger partial charge in [-0.2, -0.15) is 5.10 Å². The van der Waals surface area contributed by atoms with Crippen LogP contribution in [0.25, 0.3) is 5.69 Å². The zero-order valence-corrected chi connectivity index (χ0v) is 17.3. The molecule has 1 heterocycles. The highest BCUT2D eigenvalue weighted by Crippen LogP contribution is 2.23. The maximum atomic E-state index is 12.7. The number of ether oxygens (including phenoxy) is 2. The molecule has 0 atom stereocenters. The molecular formula is C23H27N3O3. The Kier molecular flexibility index (Phi) is 6.54. The molecule has 0 unspecified atom stereocenters. The maximum Gasteiger partial charge on any atom is 0.254 e. The van der Waals surface area contributed by atoms with Gasteiger partial charge in [-0.05, 0) is 49.2 Å². The lowest BCUT2D eigenvalue weighted by molar-refractivity contribution is 0.0945. The molecule has 6 nitrogen and oxygen atoms in total. The van der Waals surface area contributed by atoms with Crippen molar-refractivity contribution in [2.75, 3.05) is 20.3 Å². The molecule has 1 aromatic heterocycles. The van der Waals surface area contributed by atoms with E-state index in [0.29, 0.717) is 18.7 Å². The molecule has 0 fully saturated rings. The van der Waals surface area contributed by atoms with Gasteiger partial charge >= 0.3 is 0 Å². The first-order valence-corrected chi connectivity index (χ1v) is 9.69. The first-order chi connectivity index (χ1) is 14.0. The maximum absolute atomic E-state index is 12.7. The summed E-state index contributed by atoms with van der Waals surface area (Å²) in [6.45, 7) is 6.94. The molecule has 0 bridgehead atoms. The van der Waals surface area contributed by atoms with Gasteiger partial charge in [0.2, 0.25) is 0 Å². The van der Waals surface area contributed by atoms with Crippen LogP contribution < -0.4 is 14.8 Å². The third-order valence-corrected chi connectivity index (χ3v) is 4.59. The zero-order valence-electron chi connectivity index (χ0n) is 17.3. The van der Waals surface area contributed by atoms with E-state index in [1.54, 1.807) is 13.3 Å². The predicted octanol–water partition coefficient (Wildman–Crippen LogP) is 4.12. The van der Waals surface area contributed by atoms with Gasteiger partial charge in [0.05, 0.1) is 36.8 Å². The second-order valence-corrected chi connectivity index (χ2v) is 7.13. The van der Waals surface area contributed by atoms with Crippen molar-refractivity contribution in [2.24, 2.45) is 0 Å². The van der Waals surface area contributed by atoms with Gasteiger partial charge in [-0.3, -0.25) is 4.79 Å². The fourth-order valence-corrected chi connectivity index (χ4v) is 3.08. The van der Waals surface area contributed by atoms with Crippen molar-refractivity contribution < 1.29 is 14.3 Å². The summed E-state index contributed by atoms with van der Waals surface area (Å²) in [5.41, 5.74) is 3.61. The summed E-state index contributed by atoms with van der Waals surface area (Å²) >= 11 is 0. The van der Waals surface area contributed by atoms with E-state index in [1.165, 1.54) is 5.56 Å². The van der Waals surface area contributed by atoms with E-state index in [1.807, 2.05) is 60.1 Å². The third kappa shape index (κ3) is 4.96. The second kappa shape index (κ2) is 9.28. The Bertz CT molecular complexity index is 945. The zero-order chi connectivity index (χ0) is 20.8. The standard InChI is InChI=1S/C23H27N3O3/c1-16(2)22-21(15-25-26(22)18-7-5-17(3)6-8-18)23(27)24-13-14-29-20-11-9-19(28-4)10-12-20/h5-12,15-16H,13-14H2,1-4H3,(H,24,27). The molecule has 0 spiro atoms. The molecule has 3 aromatic rings. The molecule has 0 saturated heterocycles. The smallest absolute Gasteiger partial charge is 0.254 e. The minimum atomic E-state index is -0.148. The lowest BCUT2D eigenvalue weighted by Gasteiger charge is -2.13. The Morgan fingerprint density at radius 2 is 1.72 bits per heavy atom. The van der Waals surface area contributed by atoms with Crippen LogP contribution in [-0.2, 0) is 0 Å². The molecule has 6 heteroatoms. The topological polar surface area (TPSA) is 65.4 Å². The second-order valence-electron chi connectivity index (χ2n) is 7.13. The molecule has 0 aliphatic rings. The first kappa shape index (κ1) is 20.5. The minimum Gasteiger partial charge on any atom is -0.497 e. The summed E-state index contributed by atoms with van der Waals surface area (Å²) in [4.78, 5) is 12.7. The third-order valence-electron chi connectivity index (χ3n) is 4.59. The van der Waals surface area contributed by atoms with Crippen molar-refractivity contribution in [3.8, 4) is 17.2 Å². The number of nitrogens with zero attached hydrogens (tertiary/aromatic N) is 2. The highest BCUT2D eigenvalue weighted by atomic mass is 16.5. The number of aryl methyl sites for hydroxylation is 1. The average molecular weight is 393 g/mol. The van der Waals surface area contributed by atoms with Crippen molar-refractivity contribution in [1.29, 1.82) is 0 Å². The van der Waals surface area contributed by atoms with E-state index in [9.17, 15) is 4.79 Å². The van der Waals surface area contributed by atoms with Gasteiger partial charge in [0.15, 0.2) is 0 Å². The Labute approximate surface area is 171 Å². The van der Waals surface area contributed by atoms with E-state index >= 15 is 0 Å². The van der Waals surface area contributed by atoms with Crippen LogP contribution in [0.1, 0.15) is 41.4 Å². The number of rotatable bonds is 8. The van der Waals surface area contributed by atoms with Crippen LogP contribution in [-0.4, -0.2) is 35.9 Å². The molecule has 152 valence electrons. The van der Waals surface area contributed by atoms with Crippen molar-refractivity contribution in [1.82, 2.24) is 15.1 Å². The van der Waals surface area contributed by atoms with Crippen molar-refractivity contribution >= 4 is 5.91 Å². The van der Waals surface area contributed by atoms with E-state index in [0.717, 1.165) is 22.9 Å². The summed E-state index contributed by atoms with van der Waals surface area (Å²) < 4.78 is 12.6. The molecule has 1 amide bonds. The van der Waals surface area contributed by atoms with Gasteiger partial charge in [0.1, 0.15) is 18.1 Å². The summed E-state index contributed by atoms with van der Waals surface area (Å²) in [6.07, 6.45) is 1.63. The molecule has 2 aromatic carbocycles. The van der Waals surface area contributed by atoms with E-state index in [-0.39, 0.29) is 11.8 Å². The van der Waals surface area contributed by atoms with Crippen LogP contribution in [0.15, 0.2) is 54.7 Å². The first-order valence-electron chi connectivity index (χ1n) is 9.69. The Hall–Kier alpha value is -3.28. The fourth-order valence-electron chi connectivity index (χ4n) is 3.08. The van der Waals surface area contributed by atoms with Gasteiger partial charge in [-0.1, -0.05) is 31.5 Å². The van der Waals surface area contributed by atoms with Crippen LogP contribution in [0.5, 0.6) is 11.5 Å². The molecule has 1 N–H and O–H groups in total. The average Bonchev–Trinajstić information content (AvgIpc) is 3.17. The number of nitrogens with one attached hydrogen (secondary N) is 1. The van der Waals surface area contributed by atoms with Gasteiger partial charge in [0, 0.05) is 0 Å². The van der Waals surface area contributed by atoms with Crippen LogP contribution in [0.2, 0.25) is 0 Å². The SMILES string of the molecule is COc1ccc(OCCNC(=O)c2cnn(-c3ccc(C)cc3)c2C(C)C)cc1. The van der Waals surface area contributed by atoms with E-state index < -0.39 is 0 Å². The summed E-state index contributed by atoms with van der Waals surface area (Å²) in [7, 11) is 1.62. The lowest BCUT2D eigenvalue weighted by Crippen LogP contribution is -2.29. The Balaban J connectivity index is 1.63. The lowest BCUT2D eigenvalue weighted by atomic mass is 10.0. The molecular weight excluding hydrogens is 366 g/mol. The van der Waals surface area contributed by atoms with Gasteiger partial charge in [-0.25, -0.2) is 4.68 Å². The predicted molar refractivity (Wildman–Crippen MR) is 113 cm³/mol. The minimum absolute atomic E-state index is 0.148. The summed E-state index contributed by atoms with van der Waals surface area (Å²) in [6, 6.07) is 15.4. The fraction of sp³-hybridized carbons (Fsp3) is 0.304. The number of benzene rings is 2. The number of hydrogen-bond donors (Lipinski definition) is 1. The number of aromatic nitrogens is 2. The number of carbonyl (C=O) groups is 1.